The van der Waals surface area contributed by atoms with Gasteiger partial charge in [-0.2, -0.15) is 0 Å². The number of methoxy groups -OCH3 is 1. The molecule has 0 bridgehead atoms. The molecule has 20 heavy (non-hydrogen) atoms. The third-order valence-electron chi connectivity index (χ3n) is 2.76. The van der Waals surface area contributed by atoms with Gasteiger partial charge in [-0.25, -0.2) is 0 Å². The normalized spacial score (nSPS) is 10.3. The van der Waals surface area contributed by atoms with Gasteiger partial charge in [-0.15, -0.1) is 11.8 Å². The van der Waals surface area contributed by atoms with Gasteiger partial charge in [0, 0.05) is 10.6 Å². The summed E-state index contributed by atoms with van der Waals surface area (Å²) in [6.07, 6.45) is 0. The largest absolute Gasteiger partial charge is 0.493 e. The molecule has 0 saturated heterocycles. The fourth-order valence-corrected chi connectivity index (χ4v) is 2.59. The molecule has 0 fully saturated rings. The first-order valence-electron chi connectivity index (χ1n) is 6.42. The molecular formula is C16H18O3S. The third-order valence-corrected chi connectivity index (χ3v) is 3.72. The lowest BCUT2D eigenvalue weighted by molar-refractivity contribution is 0.281. The molecule has 0 heterocycles. The molecule has 0 atom stereocenters. The Bertz CT molecular complexity index is 543. The molecule has 0 aliphatic rings. The van der Waals surface area contributed by atoms with Crippen molar-refractivity contribution in [3.63, 3.8) is 0 Å². The number of para-hydroxylation sites is 2. The molecule has 2 rings (SSSR count). The smallest absolute Gasteiger partial charge is 0.161 e. The Morgan fingerprint density at radius 2 is 1.85 bits per heavy atom. The van der Waals surface area contributed by atoms with E-state index in [1.807, 2.05) is 48.5 Å². The zero-order valence-corrected chi connectivity index (χ0v) is 12.2. The van der Waals surface area contributed by atoms with Gasteiger partial charge in [0.1, 0.15) is 0 Å². The highest BCUT2D eigenvalue weighted by molar-refractivity contribution is 7.99. The number of benzene rings is 2. The first kappa shape index (κ1) is 14.8. The second-order valence-corrected chi connectivity index (χ2v) is 5.32. The fourth-order valence-electron chi connectivity index (χ4n) is 1.78. The number of thioether (sulfide) groups is 1. The minimum absolute atomic E-state index is 0.0755. The van der Waals surface area contributed by atoms with E-state index in [1.165, 1.54) is 0 Å². The maximum Gasteiger partial charge on any atom is 0.161 e. The molecule has 2 aromatic carbocycles. The highest BCUT2D eigenvalue weighted by Gasteiger charge is 2.02. The van der Waals surface area contributed by atoms with E-state index in [0.717, 1.165) is 27.7 Å². The number of hydrogen-bond acceptors (Lipinski definition) is 4. The topological polar surface area (TPSA) is 38.7 Å². The molecule has 0 aliphatic heterocycles. The van der Waals surface area contributed by atoms with E-state index in [2.05, 4.69) is 0 Å². The van der Waals surface area contributed by atoms with Crippen LogP contribution in [0.1, 0.15) is 5.56 Å². The van der Waals surface area contributed by atoms with Crippen LogP contribution in [0.5, 0.6) is 11.5 Å². The van der Waals surface area contributed by atoms with E-state index in [0.29, 0.717) is 6.61 Å². The van der Waals surface area contributed by atoms with Crippen LogP contribution in [0.4, 0.5) is 0 Å². The summed E-state index contributed by atoms with van der Waals surface area (Å²) in [5, 5.41) is 9.09. The maximum atomic E-state index is 9.09. The van der Waals surface area contributed by atoms with Crippen LogP contribution in [0.25, 0.3) is 0 Å². The van der Waals surface area contributed by atoms with Crippen molar-refractivity contribution in [1.82, 2.24) is 0 Å². The van der Waals surface area contributed by atoms with Crippen LogP contribution in [0, 0.1) is 0 Å². The van der Waals surface area contributed by atoms with Crippen LogP contribution >= 0.6 is 11.8 Å². The van der Waals surface area contributed by atoms with Gasteiger partial charge in [-0.05, 0) is 29.8 Å². The molecule has 2 aromatic rings. The minimum atomic E-state index is 0.0755. The van der Waals surface area contributed by atoms with Gasteiger partial charge in [0.2, 0.25) is 0 Å². The molecule has 0 aromatic heterocycles. The zero-order chi connectivity index (χ0) is 14.2. The molecule has 106 valence electrons. The van der Waals surface area contributed by atoms with Crippen molar-refractivity contribution in [2.75, 3.05) is 19.5 Å². The lowest BCUT2D eigenvalue weighted by Crippen LogP contribution is -2.01. The molecule has 0 spiro atoms. The third kappa shape index (κ3) is 4.18. The summed E-state index contributed by atoms with van der Waals surface area (Å²) in [4.78, 5) is 1.14. The molecule has 0 unspecified atom stereocenters. The average molecular weight is 290 g/mol. The summed E-state index contributed by atoms with van der Waals surface area (Å²) in [5.41, 5.74) is 0.931. The van der Waals surface area contributed by atoms with Crippen molar-refractivity contribution < 1.29 is 14.6 Å². The van der Waals surface area contributed by atoms with Crippen LogP contribution in [-0.4, -0.2) is 24.6 Å². The van der Waals surface area contributed by atoms with Crippen molar-refractivity contribution in [1.29, 1.82) is 0 Å². The Morgan fingerprint density at radius 3 is 2.60 bits per heavy atom. The molecule has 0 amide bonds. The van der Waals surface area contributed by atoms with Crippen molar-refractivity contribution in [3.05, 3.63) is 54.1 Å². The number of aliphatic hydroxyl groups is 1. The van der Waals surface area contributed by atoms with Crippen molar-refractivity contribution in [2.24, 2.45) is 0 Å². The second kappa shape index (κ2) is 7.82. The monoisotopic (exact) mass is 290 g/mol. The van der Waals surface area contributed by atoms with Crippen molar-refractivity contribution in [3.8, 4) is 11.5 Å². The van der Waals surface area contributed by atoms with Gasteiger partial charge in [0.05, 0.1) is 20.3 Å². The number of rotatable bonds is 7. The summed E-state index contributed by atoms with van der Waals surface area (Å²) in [6, 6.07) is 15.5. The van der Waals surface area contributed by atoms with Crippen LogP contribution in [0.3, 0.4) is 0 Å². The molecule has 0 aliphatic carbocycles. The van der Waals surface area contributed by atoms with Crippen molar-refractivity contribution >= 4 is 11.8 Å². The fraction of sp³-hybridized carbons (Fsp3) is 0.250. The van der Waals surface area contributed by atoms with Gasteiger partial charge in [-0.1, -0.05) is 24.3 Å². The second-order valence-electron chi connectivity index (χ2n) is 4.15. The highest BCUT2D eigenvalue weighted by atomic mass is 32.2. The van der Waals surface area contributed by atoms with E-state index in [4.69, 9.17) is 14.6 Å². The first-order valence-corrected chi connectivity index (χ1v) is 7.40. The van der Waals surface area contributed by atoms with E-state index in [-0.39, 0.29) is 6.61 Å². The molecule has 0 radical (unpaired) electrons. The van der Waals surface area contributed by atoms with E-state index >= 15 is 0 Å². The van der Waals surface area contributed by atoms with Gasteiger partial charge in [-0.3, -0.25) is 0 Å². The van der Waals surface area contributed by atoms with Crippen LogP contribution in [0.15, 0.2) is 53.4 Å². The first-order chi connectivity index (χ1) is 9.83. The van der Waals surface area contributed by atoms with Crippen LogP contribution < -0.4 is 9.47 Å². The van der Waals surface area contributed by atoms with Crippen LogP contribution in [0.2, 0.25) is 0 Å². The van der Waals surface area contributed by atoms with Crippen LogP contribution in [-0.2, 0) is 6.61 Å². The van der Waals surface area contributed by atoms with E-state index < -0.39 is 0 Å². The Kier molecular flexibility index (Phi) is 5.77. The summed E-state index contributed by atoms with van der Waals surface area (Å²) in [5.74, 6) is 2.35. The average Bonchev–Trinajstić information content (AvgIpc) is 2.52. The number of hydrogen-bond donors (Lipinski definition) is 1. The molecule has 0 saturated carbocycles. The number of ether oxygens (including phenoxy) is 2. The molecule has 4 heteroatoms. The zero-order valence-electron chi connectivity index (χ0n) is 11.4. The Hall–Kier alpha value is -1.65. The van der Waals surface area contributed by atoms with Gasteiger partial charge in [0.25, 0.3) is 0 Å². The summed E-state index contributed by atoms with van der Waals surface area (Å²) in [6.45, 7) is 0.681. The summed E-state index contributed by atoms with van der Waals surface area (Å²) >= 11 is 1.71. The Balaban J connectivity index is 1.81. The Labute approximate surface area is 123 Å². The predicted octanol–water partition coefficient (Wildman–Crippen LogP) is 3.36. The SMILES string of the molecule is COc1ccccc1OCCSc1cccc(CO)c1. The molecular weight excluding hydrogens is 272 g/mol. The van der Waals surface area contributed by atoms with Gasteiger partial charge >= 0.3 is 0 Å². The molecule has 3 nitrogen and oxygen atoms in total. The molecule has 1 N–H and O–H groups in total. The summed E-state index contributed by atoms with van der Waals surface area (Å²) in [7, 11) is 1.64. The predicted molar refractivity (Wildman–Crippen MR) is 81.6 cm³/mol. The van der Waals surface area contributed by atoms with Gasteiger partial charge in [0.15, 0.2) is 11.5 Å². The quantitative estimate of drug-likeness (QED) is 0.627. The number of aliphatic hydroxyl groups excluding tert-OH is 1. The summed E-state index contributed by atoms with van der Waals surface area (Å²) < 4.78 is 10.9. The lowest BCUT2D eigenvalue weighted by Gasteiger charge is -2.10. The lowest BCUT2D eigenvalue weighted by atomic mass is 10.2. The highest BCUT2D eigenvalue weighted by Crippen LogP contribution is 2.26. The Morgan fingerprint density at radius 1 is 1.05 bits per heavy atom. The van der Waals surface area contributed by atoms with E-state index in [1.54, 1.807) is 18.9 Å². The standard InChI is InChI=1S/C16H18O3S/c1-18-15-7-2-3-8-16(15)19-9-10-20-14-6-4-5-13(11-14)12-17/h2-8,11,17H,9-10,12H2,1H3. The van der Waals surface area contributed by atoms with Crippen molar-refractivity contribution in [2.45, 2.75) is 11.5 Å². The van der Waals surface area contributed by atoms with Gasteiger partial charge < -0.3 is 14.6 Å². The van der Waals surface area contributed by atoms with E-state index in [9.17, 15) is 0 Å². The minimum Gasteiger partial charge on any atom is -0.493 e. The maximum absolute atomic E-state index is 9.09.